The van der Waals surface area contributed by atoms with Gasteiger partial charge in [-0.25, -0.2) is 0 Å². The van der Waals surface area contributed by atoms with Crippen molar-refractivity contribution in [2.75, 3.05) is 6.61 Å². The Balaban J connectivity index is 2.84. The Morgan fingerprint density at radius 3 is 2.60 bits per heavy atom. The van der Waals surface area contributed by atoms with Crippen LogP contribution in [0.4, 0.5) is 0 Å². The van der Waals surface area contributed by atoms with Gasteiger partial charge >= 0.3 is 5.97 Å². The summed E-state index contributed by atoms with van der Waals surface area (Å²) in [6.07, 6.45) is 2.65. The summed E-state index contributed by atoms with van der Waals surface area (Å²) in [7, 11) is 4.75. The maximum absolute atomic E-state index is 9.98. The number of carboxylic acids is 1. The van der Waals surface area contributed by atoms with Crippen LogP contribution in [0.1, 0.15) is 25.7 Å². The predicted octanol–water partition coefficient (Wildman–Crippen LogP) is 1.32. The summed E-state index contributed by atoms with van der Waals surface area (Å²) in [6.45, 7) is 0.514. The van der Waals surface area contributed by atoms with E-state index < -0.39 is 5.97 Å². The van der Waals surface area contributed by atoms with Crippen molar-refractivity contribution in [3.63, 3.8) is 0 Å². The highest BCUT2D eigenvalue weighted by atomic mass is 16.5. The van der Waals surface area contributed by atoms with E-state index in [-0.39, 0.29) is 6.42 Å². The van der Waals surface area contributed by atoms with Crippen molar-refractivity contribution in [3.8, 4) is 0 Å². The van der Waals surface area contributed by atoms with E-state index in [0.717, 1.165) is 12.8 Å². The van der Waals surface area contributed by atoms with Gasteiger partial charge in [-0.05, 0) is 12.8 Å². The number of aliphatic carboxylic acids is 1. The molecule has 0 atom stereocenters. The first-order valence-corrected chi connectivity index (χ1v) is 3.31. The summed E-state index contributed by atoms with van der Waals surface area (Å²) in [5.74, 6) is -0.742. The molecule has 2 radical (unpaired) electrons. The predicted molar refractivity (Wildman–Crippen MR) is 36.4 cm³/mol. The van der Waals surface area contributed by atoms with E-state index >= 15 is 0 Å². The second-order valence-corrected chi connectivity index (χ2v) is 2.08. The smallest absolute Gasteiger partial charge is 0.303 e. The van der Waals surface area contributed by atoms with Crippen molar-refractivity contribution in [1.82, 2.24) is 0 Å². The topological polar surface area (TPSA) is 46.5 Å². The van der Waals surface area contributed by atoms with Crippen LogP contribution >= 0.6 is 0 Å². The summed E-state index contributed by atoms with van der Waals surface area (Å²) in [5, 5.41) is 8.21. The third-order valence-electron chi connectivity index (χ3n) is 1.15. The molecule has 0 aromatic heterocycles. The molecule has 1 N–H and O–H groups in total. The summed E-state index contributed by atoms with van der Waals surface area (Å²) in [5.41, 5.74) is 0. The van der Waals surface area contributed by atoms with Crippen LogP contribution in [-0.2, 0) is 9.53 Å². The van der Waals surface area contributed by atoms with Crippen molar-refractivity contribution in [3.05, 3.63) is 7.11 Å². The lowest BCUT2D eigenvalue weighted by Gasteiger charge is -1.95. The fourth-order valence-corrected chi connectivity index (χ4v) is 0.638. The lowest BCUT2D eigenvalue weighted by molar-refractivity contribution is -0.137. The van der Waals surface area contributed by atoms with E-state index in [2.05, 4.69) is 4.74 Å². The van der Waals surface area contributed by atoms with E-state index in [1.807, 2.05) is 0 Å². The van der Waals surface area contributed by atoms with Gasteiger partial charge in [0, 0.05) is 13.0 Å². The molecular weight excluding hydrogens is 132 g/mol. The number of hydrogen-bond acceptors (Lipinski definition) is 2. The van der Waals surface area contributed by atoms with Crippen molar-refractivity contribution in [2.24, 2.45) is 0 Å². The van der Waals surface area contributed by atoms with Crippen LogP contribution in [0.25, 0.3) is 0 Å². The number of unbranched alkanes of at least 4 members (excludes halogenated alkanes) is 2. The van der Waals surface area contributed by atoms with E-state index in [1.165, 1.54) is 0 Å². The zero-order valence-corrected chi connectivity index (χ0v) is 5.88. The molecular formula is C7H12O3. The second-order valence-electron chi connectivity index (χ2n) is 2.08. The van der Waals surface area contributed by atoms with Gasteiger partial charge in [-0.2, -0.15) is 0 Å². The Bertz CT molecular complexity index is 90.9. The summed E-state index contributed by atoms with van der Waals surface area (Å²) in [6, 6.07) is 0. The van der Waals surface area contributed by atoms with E-state index in [4.69, 9.17) is 12.2 Å². The molecule has 58 valence electrons. The maximum Gasteiger partial charge on any atom is 0.303 e. The third-order valence-corrected chi connectivity index (χ3v) is 1.15. The third kappa shape index (κ3) is 7.43. The first-order chi connectivity index (χ1) is 4.77. The van der Waals surface area contributed by atoms with Crippen LogP contribution in [0.3, 0.4) is 0 Å². The average Bonchev–Trinajstić information content (AvgIpc) is 1.87. The van der Waals surface area contributed by atoms with Gasteiger partial charge in [-0.15, -0.1) is 0 Å². The molecule has 0 saturated heterocycles. The Morgan fingerprint density at radius 2 is 2.10 bits per heavy atom. The van der Waals surface area contributed by atoms with Gasteiger partial charge in [0.1, 0.15) is 7.11 Å². The summed E-state index contributed by atoms with van der Waals surface area (Å²) < 4.78 is 4.30. The highest BCUT2D eigenvalue weighted by Gasteiger charge is 1.94. The first kappa shape index (κ1) is 9.43. The maximum atomic E-state index is 9.98. The molecule has 0 heterocycles. The fraction of sp³-hybridized carbons (Fsp3) is 0.714. The molecule has 0 bridgehead atoms. The Hall–Kier alpha value is -0.570. The molecule has 0 saturated carbocycles. The highest BCUT2D eigenvalue weighted by Crippen LogP contribution is 1.99. The second kappa shape index (κ2) is 6.55. The van der Waals surface area contributed by atoms with Gasteiger partial charge in [0.25, 0.3) is 0 Å². The zero-order valence-electron chi connectivity index (χ0n) is 5.88. The SMILES string of the molecule is [CH]OCCCCCC(=O)O. The molecule has 10 heavy (non-hydrogen) atoms. The van der Waals surface area contributed by atoms with Crippen LogP contribution in [0, 0.1) is 7.11 Å². The Morgan fingerprint density at radius 1 is 1.40 bits per heavy atom. The Kier molecular flexibility index (Phi) is 6.18. The van der Waals surface area contributed by atoms with Gasteiger partial charge in [0.2, 0.25) is 0 Å². The minimum Gasteiger partial charge on any atom is -0.481 e. The largest absolute Gasteiger partial charge is 0.481 e. The zero-order chi connectivity index (χ0) is 7.82. The number of carboxylic acid groups (broad SMARTS) is 1. The Labute approximate surface area is 61.0 Å². The number of carbonyl (C=O) groups is 1. The first-order valence-electron chi connectivity index (χ1n) is 3.31. The molecule has 3 nitrogen and oxygen atoms in total. The van der Waals surface area contributed by atoms with Gasteiger partial charge in [0.15, 0.2) is 0 Å². The lowest BCUT2D eigenvalue weighted by atomic mass is 10.2. The molecule has 3 heteroatoms. The van der Waals surface area contributed by atoms with Crippen LogP contribution in [-0.4, -0.2) is 17.7 Å². The highest BCUT2D eigenvalue weighted by molar-refractivity contribution is 5.66. The molecule has 0 aliphatic carbocycles. The van der Waals surface area contributed by atoms with Crippen molar-refractivity contribution >= 4 is 5.97 Å². The molecule has 0 fully saturated rings. The van der Waals surface area contributed by atoms with E-state index in [0.29, 0.717) is 13.0 Å². The van der Waals surface area contributed by atoms with Crippen LogP contribution in [0.2, 0.25) is 0 Å². The van der Waals surface area contributed by atoms with E-state index in [9.17, 15) is 4.79 Å². The molecule has 0 amide bonds. The fourth-order valence-electron chi connectivity index (χ4n) is 0.638. The van der Waals surface area contributed by atoms with Crippen LogP contribution in [0.5, 0.6) is 0 Å². The molecule has 0 spiro atoms. The molecule has 0 aromatic rings. The van der Waals surface area contributed by atoms with Crippen molar-refractivity contribution < 1.29 is 14.6 Å². The monoisotopic (exact) mass is 144 g/mol. The van der Waals surface area contributed by atoms with Gasteiger partial charge in [-0.1, -0.05) is 6.42 Å². The number of ether oxygens (including phenoxy) is 1. The molecule has 0 aliphatic rings. The number of rotatable bonds is 6. The minimum absolute atomic E-state index is 0.241. The summed E-state index contributed by atoms with van der Waals surface area (Å²) >= 11 is 0. The minimum atomic E-state index is -0.742. The average molecular weight is 144 g/mol. The standard InChI is InChI=1S/C7H12O3/c1-10-6-4-2-3-5-7(8)9/h1H,2-6H2,(H,8,9). The van der Waals surface area contributed by atoms with Gasteiger partial charge < -0.3 is 9.84 Å². The lowest BCUT2D eigenvalue weighted by Crippen LogP contribution is -1.94. The van der Waals surface area contributed by atoms with Gasteiger partial charge in [0.05, 0.1) is 0 Å². The quantitative estimate of drug-likeness (QED) is 0.572. The van der Waals surface area contributed by atoms with Crippen molar-refractivity contribution in [2.45, 2.75) is 25.7 Å². The molecule has 0 aliphatic heterocycles. The van der Waals surface area contributed by atoms with Crippen LogP contribution in [0.15, 0.2) is 0 Å². The van der Waals surface area contributed by atoms with Crippen molar-refractivity contribution in [1.29, 1.82) is 0 Å². The van der Waals surface area contributed by atoms with Crippen LogP contribution < -0.4 is 0 Å². The summed E-state index contributed by atoms with van der Waals surface area (Å²) in [4.78, 5) is 9.98. The normalized spacial score (nSPS) is 9.70. The molecule has 0 unspecified atom stereocenters. The van der Waals surface area contributed by atoms with Gasteiger partial charge in [-0.3, -0.25) is 4.79 Å². The molecule has 0 aromatic carbocycles. The van der Waals surface area contributed by atoms with E-state index in [1.54, 1.807) is 0 Å². The number of hydrogen-bond donors (Lipinski definition) is 1. The molecule has 0 rings (SSSR count).